The van der Waals surface area contributed by atoms with Gasteiger partial charge >= 0.3 is 18.5 Å². The summed E-state index contributed by atoms with van der Waals surface area (Å²) in [5.74, 6) is 0. The van der Waals surface area contributed by atoms with Crippen LogP contribution in [0.4, 0.5) is 17.3 Å². The van der Waals surface area contributed by atoms with Gasteiger partial charge in [0, 0.05) is 17.0 Å². The van der Waals surface area contributed by atoms with Gasteiger partial charge < -0.3 is 17.3 Å². The largest absolute Gasteiger partial charge is 0.673 e. The van der Waals surface area contributed by atoms with E-state index in [4.69, 9.17) is 0 Å². The zero-order chi connectivity index (χ0) is 20.5. The SMILES string of the molecule is Cc1ccc(-c2n[n+]3c4ccccc4ccc3n(C)c2=O)cc1.F[B-](F)(F)F. The van der Waals surface area contributed by atoms with Crippen molar-refractivity contribution < 1.29 is 21.8 Å². The van der Waals surface area contributed by atoms with E-state index in [1.807, 2.05) is 72.1 Å². The van der Waals surface area contributed by atoms with Crippen LogP contribution in [0, 0.1) is 6.92 Å². The lowest BCUT2D eigenvalue weighted by Gasteiger charge is -2.04. The van der Waals surface area contributed by atoms with Crippen LogP contribution in [0.5, 0.6) is 0 Å². The molecule has 0 N–H and O–H groups in total. The number of halogens is 4. The molecule has 0 spiro atoms. The Hall–Kier alpha value is -3.23. The first-order chi connectivity index (χ1) is 13.1. The molecule has 0 amide bonds. The van der Waals surface area contributed by atoms with Gasteiger partial charge in [0.1, 0.15) is 0 Å². The van der Waals surface area contributed by atoms with Crippen LogP contribution in [0.1, 0.15) is 5.56 Å². The van der Waals surface area contributed by atoms with E-state index in [1.54, 1.807) is 11.6 Å². The molecular weight excluding hydrogens is 373 g/mol. The smallest absolute Gasteiger partial charge is 0.418 e. The van der Waals surface area contributed by atoms with Crippen molar-refractivity contribution in [3.63, 3.8) is 0 Å². The van der Waals surface area contributed by atoms with Crippen LogP contribution in [-0.2, 0) is 7.05 Å². The number of fused-ring (bicyclic) bond motifs is 3. The Morgan fingerprint density at radius 3 is 2.18 bits per heavy atom. The predicted octanol–water partition coefficient (Wildman–Crippen LogP) is 3.95. The number of aryl methyl sites for hydroxylation is 2. The first kappa shape index (κ1) is 19.5. The fourth-order valence-corrected chi connectivity index (χ4v) is 2.84. The van der Waals surface area contributed by atoms with E-state index < -0.39 is 7.25 Å². The van der Waals surface area contributed by atoms with Crippen molar-refractivity contribution in [1.82, 2.24) is 9.67 Å². The topological polar surface area (TPSA) is 39.0 Å². The average molecular weight is 389 g/mol. The van der Waals surface area contributed by atoms with Gasteiger partial charge in [-0.25, -0.2) is 4.79 Å². The molecule has 2 aromatic carbocycles. The first-order valence-corrected chi connectivity index (χ1v) is 8.40. The molecule has 0 atom stereocenters. The Morgan fingerprint density at radius 1 is 0.929 bits per heavy atom. The minimum Gasteiger partial charge on any atom is -0.418 e. The number of hydrogen-bond donors (Lipinski definition) is 0. The van der Waals surface area contributed by atoms with Crippen molar-refractivity contribution in [3.8, 4) is 11.3 Å². The van der Waals surface area contributed by atoms with E-state index >= 15 is 0 Å². The van der Waals surface area contributed by atoms with Crippen molar-refractivity contribution in [1.29, 1.82) is 0 Å². The van der Waals surface area contributed by atoms with Crippen molar-refractivity contribution in [2.45, 2.75) is 6.92 Å². The molecule has 2 heterocycles. The molecule has 28 heavy (non-hydrogen) atoms. The molecular formula is C19H16BF4N3O. The fourth-order valence-electron chi connectivity index (χ4n) is 2.84. The molecule has 0 aliphatic carbocycles. The number of rotatable bonds is 1. The highest BCUT2D eigenvalue weighted by Gasteiger charge is 2.21. The number of para-hydroxylation sites is 1. The molecule has 0 bridgehead atoms. The predicted molar refractivity (Wildman–Crippen MR) is 101 cm³/mol. The van der Waals surface area contributed by atoms with Gasteiger partial charge in [0.05, 0.1) is 7.05 Å². The Balaban J connectivity index is 0.000000403. The van der Waals surface area contributed by atoms with E-state index in [9.17, 15) is 22.1 Å². The lowest BCUT2D eigenvalue weighted by Crippen LogP contribution is -2.38. The van der Waals surface area contributed by atoms with Gasteiger partial charge in [-0.3, -0.25) is 0 Å². The van der Waals surface area contributed by atoms with E-state index in [2.05, 4.69) is 5.10 Å². The van der Waals surface area contributed by atoms with E-state index in [-0.39, 0.29) is 5.56 Å². The van der Waals surface area contributed by atoms with E-state index in [0.29, 0.717) is 5.69 Å². The second-order valence-electron chi connectivity index (χ2n) is 6.24. The van der Waals surface area contributed by atoms with Gasteiger partial charge in [0.2, 0.25) is 5.69 Å². The first-order valence-electron chi connectivity index (χ1n) is 8.40. The monoisotopic (exact) mass is 389 g/mol. The van der Waals surface area contributed by atoms with Crippen LogP contribution < -0.4 is 10.1 Å². The third-order valence-electron chi connectivity index (χ3n) is 4.17. The fraction of sp³-hybridized carbons (Fsp3) is 0.105. The summed E-state index contributed by atoms with van der Waals surface area (Å²) in [6.07, 6.45) is 0. The van der Waals surface area contributed by atoms with Gasteiger partial charge in [-0.05, 0) is 19.1 Å². The highest BCUT2D eigenvalue weighted by Crippen LogP contribution is 2.15. The van der Waals surface area contributed by atoms with Crippen LogP contribution in [0.25, 0.3) is 27.8 Å². The van der Waals surface area contributed by atoms with Crippen molar-refractivity contribution >= 4 is 23.8 Å². The summed E-state index contributed by atoms with van der Waals surface area (Å²) in [6.45, 7) is 2.03. The zero-order valence-corrected chi connectivity index (χ0v) is 15.1. The standard InChI is InChI=1S/C19H16N3O.BF4/c1-13-7-9-15(10-8-13)18-19(23)21(2)17-12-11-14-5-3-4-6-16(14)22(17)20-18;2-1(3,4)5/h3-12H,1-2H3;/q+1;-1. The molecule has 0 aliphatic rings. The number of nitrogens with zero attached hydrogens (tertiary/aromatic N) is 3. The maximum absolute atomic E-state index is 12.7. The third kappa shape index (κ3) is 4.19. The number of benzene rings is 2. The summed E-state index contributed by atoms with van der Waals surface area (Å²) >= 11 is 0. The van der Waals surface area contributed by atoms with Crippen LogP contribution >= 0.6 is 0 Å². The number of aromatic nitrogens is 3. The van der Waals surface area contributed by atoms with Crippen molar-refractivity contribution in [2.24, 2.45) is 7.05 Å². The molecule has 0 saturated carbocycles. The normalized spacial score (nSPS) is 11.4. The van der Waals surface area contributed by atoms with Gasteiger partial charge in [-0.15, -0.1) is 0 Å². The Bertz CT molecular complexity index is 1200. The van der Waals surface area contributed by atoms with Gasteiger partial charge in [-0.2, -0.15) is 4.57 Å². The Labute approximate surface area is 157 Å². The number of hydrogen-bond acceptors (Lipinski definition) is 2. The number of pyridine rings is 1. The maximum atomic E-state index is 12.7. The molecule has 0 fully saturated rings. The van der Waals surface area contributed by atoms with Crippen molar-refractivity contribution in [3.05, 3.63) is 76.6 Å². The second-order valence-corrected chi connectivity index (χ2v) is 6.24. The molecule has 2 aromatic heterocycles. The second kappa shape index (κ2) is 7.42. The lowest BCUT2D eigenvalue weighted by molar-refractivity contribution is -0.555. The molecule has 0 aliphatic heterocycles. The Kier molecular flexibility index (Phi) is 5.17. The third-order valence-corrected chi connectivity index (χ3v) is 4.17. The quantitative estimate of drug-likeness (QED) is 0.214. The van der Waals surface area contributed by atoms with E-state index in [1.165, 1.54) is 0 Å². The minimum absolute atomic E-state index is 0.0934. The van der Waals surface area contributed by atoms with Crippen molar-refractivity contribution in [2.75, 3.05) is 0 Å². The molecule has 144 valence electrons. The lowest BCUT2D eigenvalue weighted by atomic mass is 10.1. The van der Waals surface area contributed by atoms with Crippen LogP contribution in [0.15, 0.2) is 65.5 Å². The summed E-state index contributed by atoms with van der Waals surface area (Å²) < 4.78 is 42.5. The van der Waals surface area contributed by atoms with Gasteiger partial charge in [0.15, 0.2) is 5.52 Å². The molecule has 4 rings (SSSR count). The summed E-state index contributed by atoms with van der Waals surface area (Å²) in [7, 11) is -4.22. The molecule has 9 heteroatoms. The summed E-state index contributed by atoms with van der Waals surface area (Å²) in [5.41, 5.74) is 4.10. The summed E-state index contributed by atoms with van der Waals surface area (Å²) in [6, 6.07) is 19.8. The summed E-state index contributed by atoms with van der Waals surface area (Å²) in [4.78, 5) is 12.7. The van der Waals surface area contributed by atoms with Gasteiger partial charge in [-0.1, -0.05) is 57.6 Å². The Morgan fingerprint density at radius 2 is 1.54 bits per heavy atom. The average Bonchev–Trinajstić information content (AvgIpc) is 2.64. The highest BCUT2D eigenvalue weighted by molar-refractivity contribution is 6.50. The van der Waals surface area contributed by atoms with Crippen LogP contribution in [0.3, 0.4) is 0 Å². The zero-order valence-electron chi connectivity index (χ0n) is 15.1. The minimum atomic E-state index is -6.00. The summed E-state index contributed by atoms with van der Waals surface area (Å²) in [5, 5.41) is 5.74. The highest BCUT2D eigenvalue weighted by atomic mass is 19.5. The molecule has 0 saturated heterocycles. The van der Waals surface area contributed by atoms with Gasteiger partial charge in [0.25, 0.3) is 0 Å². The van der Waals surface area contributed by atoms with Crippen LogP contribution in [0.2, 0.25) is 0 Å². The molecule has 0 radical (unpaired) electrons. The van der Waals surface area contributed by atoms with Crippen LogP contribution in [-0.4, -0.2) is 16.9 Å². The molecule has 4 nitrogen and oxygen atoms in total. The molecule has 0 unspecified atom stereocenters. The molecule has 4 aromatic rings. The maximum Gasteiger partial charge on any atom is 0.673 e. The van der Waals surface area contributed by atoms with E-state index in [0.717, 1.165) is 27.7 Å².